The summed E-state index contributed by atoms with van der Waals surface area (Å²) in [6, 6.07) is 11.0. The average Bonchev–Trinajstić information content (AvgIpc) is 3.10. The molecule has 0 atom stereocenters. The van der Waals surface area contributed by atoms with Gasteiger partial charge >= 0.3 is 0 Å². The Labute approximate surface area is 159 Å². The Kier molecular flexibility index (Phi) is 5.41. The summed E-state index contributed by atoms with van der Waals surface area (Å²) in [5.74, 6) is -0.681. The Balaban J connectivity index is 2.36. The van der Waals surface area contributed by atoms with E-state index in [-0.39, 0.29) is 17.4 Å². The number of carbonyl (C=O) groups excluding carboxylic acids is 1. The average molecular weight is 389 g/mol. The number of rotatable bonds is 5. The Morgan fingerprint density at radius 2 is 1.44 bits per heavy atom. The van der Waals surface area contributed by atoms with Gasteiger partial charge in [-0.2, -0.15) is 0 Å². The van der Waals surface area contributed by atoms with Gasteiger partial charge in [0.25, 0.3) is 5.24 Å². The highest BCUT2D eigenvalue weighted by molar-refractivity contribution is 6.75. The first-order valence-electron chi connectivity index (χ1n) is 8.12. The largest absolute Gasteiger partial charge is 0.275 e. The molecule has 0 N–H and O–H groups in total. The smallest absolute Gasteiger partial charge is 0.256 e. The number of hydrogen-bond acceptors (Lipinski definition) is 4. The van der Waals surface area contributed by atoms with Gasteiger partial charge in [-0.3, -0.25) is 4.79 Å². The maximum atomic E-state index is 13.4. The molecule has 27 heavy (non-hydrogen) atoms. The van der Waals surface area contributed by atoms with Gasteiger partial charge < -0.3 is 0 Å². The van der Waals surface area contributed by atoms with E-state index in [9.17, 15) is 13.6 Å². The third kappa shape index (κ3) is 3.93. The standard InChI is InChI=1S/C19H15ClF2N4O/c1-11(2)26-19(23-24-25-26)17(18(20)27)16(12-3-7-14(21)8-4-12)13-5-9-15(22)10-6-13/h3-11H,1-2H3. The van der Waals surface area contributed by atoms with Crippen LogP contribution in [-0.4, -0.2) is 25.4 Å². The molecule has 0 saturated heterocycles. The van der Waals surface area contributed by atoms with Crippen LogP contribution in [0.15, 0.2) is 48.5 Å². The van der Waals surface area contributed by atoms with Crippen LogP contribution < -0.4 is 0 Å². The minimum absolute atomic E-state index is 0.0496. The molecule has 0 saturated carbocycles. The fourth-order valence-corrected chi connectivity index (χ4v) is 2.87. The van der Waals surface area contributed by atoms with Crippen LogP contribution in [0.4, 0.5) is 8.78 Å². The predicted octanol–water partition coefficient (Wildman–Crippen LogP) is 4.26. The molecule has 0 amide bonds. The molecule has 0 aliphatic rings. The third-order valence-electron chi connectivity index (χ3n) is 3.92. The summed E-state index contributed by atoms with van der Waals surface area (Å²) in [6.45, 7) is 3.71. The zero-order valence-corrected chi connectivity index (χ0v) is 15.3. The van der Waals surface area contributed by atoms with Gasteiger partial charge in [-0.05, 0) is 71.3 Å². The van der Waals surface area contributed by atoms with Gasteiger partial charge in [0.15, 0.2) is 5.82 Å². The lowest BCUT2D eigenvalue weighted by Gasteiger charge is -2.15. The van der Waals surface area contributed by atoms with Crippen LogP contribution in [-0.2, 0) is 4.79 Å². The van der Waals surface area contributed by atoms with E-state index in [0.717, 1.165) is 0 Å². The topological polar surface area (TPSA) is 60.7 Å². The van der Waals surface area contributed by atoms with Crippen LogP contribution in [0.1, 0.15) is 36.8 Å². The van der Waals surface area contributed by atoms with Gasteiger partial charge in [0.05, 0.1) is 11.6 Å². The number of carbonyl (C=O) groups is 1. The van der Waals surface area contributed by atoms with Gasteiger partial charge in [-0.25, -0.2) is 13.5 Å². The van der Waals surface area contributed by atoms with Crippen LogP contribution in [0.2, 0.25) is 0 Å². The van der Waals surface area contributed by atoms with E-state index in [1.807, 2.05) is 13.8 Å². The molecule has 1 aromatic heterocycles. The van der Waals surface area contributed by atoms with Crippen LogP contribution in [0, 0.1) is 11.6 Å². The van der Waals surface area contributed by atoms with E-state index < -0.39 is 16.9 Å². The number of allylic oxidation sites excluding steroid dienone is 1. The SMILES string of the molecule is CC(C)n1nnnc1C(C(=O)Cl)=C(c1ccc(F)cc1)c1ccc(F)cc1. The molecule has 3 aromatic rings. The Bertz CT molecular complexity index is 948. The minimum atomic E-state index is -0.782. The molecule has 0 aliphatic heterocycles. The monoisotopic (exact) mass is 388 g/mol. The molecule has 8 heteroatoms. The summed E-state index contributed by atoms with van der Waals surface area (Å²) in [6.07, 6.45) is 0. The summed E-state index contributed by atoms with van der Waals surface area (Å²) in [5, 5.41) is 10.7. The molecule has 0 fully saturated rings. The molecule has 5 nitrogen and oxygen atoms in total. The zero-order valence-electron chi connectivity index (χ0n) is 14.5. The molecule has 0 bridgehead atoms. The maximum Gasteiger partial charge on any atom is 0.256 e. The fraction of sp³-hybridized carbons (Fsp3) is 0.158. The zero-order chi connectivity index (χ0) is 19.6. The van der Waals surface area contributed by atoms with Crippen molar-refractivity contribution in [3.8, 4) is 0 Å². The van der Waals surface area contributed by atoms with Gasteiger partial charge in [0.2, 0.25) is 0 Å². The predicted molar refractivity (Wildman–Crippen MR) is 97.8 cm³/mol. The van der Waals surface area contributed by atoms with Crippen molar-refractivity contribution < 1.29 is 13.6 Å². The normalized spacial score (nSPS) is 10.9. The van der Waals surface area contributed by atoms with E-state index in [2.05, 4.69) is 15.5 Å². The van der Waals surface area contributed by atoms with Crippen molar-refractivity contribution in [1.29, 1.82) is 0 Å². The van der Waals surface area contributed by atoms with Gasteiger partial charge in [-0.15, -0.1) is 5.10 Å². The van der Waals surface area contributed by atoms with E-state index in [0.29, 0.717) is 16.7 Å². The molecule has 3 rings (SSSR count). The lowest BCUT2D eigenvalue weighted by atomic mass is 9.92. The van der Waals surface area contributed by atoms with E-state index >= 15 is 0 Å². The summed E-state index contributed by atoms with van der Waals surface area (Å²) in [7, 11) is 0. The van der Waals surface area contributed by atoms with Crippen LogP contribution in [0.5, 0.6) is 0 Å². The number of benzene rings is 2. The van der Waals surface area contributed by atoms with Crippen molar-refractivity contribution in [2.24, 2.45) is 0 Å². The molecule has 0 unspecified atom stereocenters. The van der Waals surface area contributed by atoms with Gasteiger partial charge in [0, 0.05) is 5.57 Å². The van der Waals surface area contributed by atoms with E-state index in [4.69, 9.17) is 11.6 Å². The second kappa shape index (κ2) is 7.75. The van der Waals surface area contributed by atoms with E-state index in [1.165, 1.54) is 53.2 Å². The van der Waals surface area contributed by atoms with Crippen molar-refractivity contribution >= 4 is 28.0 Å². The second-order valence-electron chi connectivity index (χ2n) is 6.08. The Hall–Kier alpha value is -2.93. The molecule has 138 valence electrons. The Morgan fingerprint density at radius 1 is 0.963 bits per heavy atom. The van der Waals surface area contributed by atoms with Crippen molar-refractivity contribution in [2.75, 3.05) is 0 Å². The fourth-order valence-electron chi connectivity index (χ4n) is 2.69. The number of aromatic nitrogens is 4. The van der Waals surface area contributed by atoms with Crippen molar-refractivity contribution in [3.05, 3.63) is 77.1 Å². The molecule has 1 heterocycles. The highest BCUT2D eigenvalue weighted by atomic mass is 35.5. The van der Waals surface area contributed by atoms with E-state index in [1.54, 1.807) is 0 Å². The first-order chi connectivity index (χ1) is 12.9. The maximum absolute atomic E-state index is 13.4. The lowest BCUT2D eigenvalue weighted by molar-refractivity contribution is -0.106. The van der Waals surface area contributed by atoms with Crippen LogP contribution in [0.25, 0.3) is 11.1 Å². The second-order valence-corrected chi connectivity index (χ2v) is 6.42. The van der Waals surface area contributed by atoms with Crippen LogP contribution >= 0.6 is 11.6 Å². The molecular formula is C19H15ClF2N4O. The first-order valence-corrected chi connectivity index (χ1v) is 8.50. The molecule has 2 aromatic carbocycles. The molecule has 0 radical (unpaired) electrons. The van der Waals surface area contributed by atoms with Gasteiger partial charge in [-0.1, -0.05) is 24.3 Å². The molecular weight excluding hydrogens is 374 g/mol. The minimum Gasteiger partial charge on any atom is -0.275 e. The quantitative estimate of drug-likeness (QED) is 0.484. The summed E-state index contributed by atoms with van der Waals surface area (Å²) in [5.41, 5.74) is 1.47. The summed E-state index contributed by atoms with van der Waals surface area (Å²) >= 11 is 5.92. The number of halogens is 3. The summed E-state index contributed by atoms with van der Waals surface area (Å²) in [4.78, 5) is 12.4. The first kappa shape index (κ1) is 18.8. The highest BCUT2D eigenvalue weighted by Crippen LogP contribution is 2.33. The Morgan fingerprint density at radius 3 is 1.85 bits per heavy atom. The van der Waals surface area contributed by atoms with Gasteiger partial charge in [0.1, 0.15) is 11.6 Å². The number of tetrazole rings is 1. The van der Waals surface area contributed by atoms with Crippen LogP contribution in [0.3, 0.4) is 0 Å². The molecule has 0 spiro atoms. The summed E-state index contributed by atoms with van der Waals surface area (Å²) < 4.78 is 28.3. The highest BCUT2D eigenvalue weighted by Gasteiger charge is 2.25. The van der Waals surface area contributed by atoms with Crippen molar-refractivity contribution in [2.45, 2.75) is 19.9 Å². The van der Waals surface area contributed by atoms with Crippen molar-refractivity contribution in [1.82, 2.24) is 20.2 Å². The molecule has 0 aliphatic carbocycles. The third-order valence-corrected chi connectivity index (χ3v) is 4.11. The number of nitrogens with zero attached hydrogens (tertiary/aromatic N) is 4. The lowest BCUT2D eigenvalue weighted by Crippen LogP contribution is -2.12. The number of hydrogen-bond donors (Lipinski definition) is 0. The van der Waals surface area contributed by atoms with Crippen molar-refractivity contribution in [3.63, 3.8) is 0 Å².